The van der Waals surface area contributed by atoms with E-state index in [0.717, 1.165) is 18.7 Å². The maximum atomic E-state index is 5.28. The van der Waals surface area contributed by atoms with Gasteiger partial charge in [-0.25, -0.2) is 0 Å². The van der Waals surface area contributed by atoms with Crippen molar-refractivity contribution in [1.82, 2.24) is 5.32 Å². The molecular weight excluding hydrogens is 186 g/mol. The van der Waals surface area contributed by atoms with Crippen LogP contribution in [-0.2, 0) is 6.54 Å². The van der Waals surface area contributed by atoms with Crippen molar-refractivity contribution in [2.24, 2.45) is 0 Å². The molecule has 0 amide bonds. The summed E-state index contributed by atoms with van der Waals surface area (Å²) in [6.45, 7) is 6.71. The van der Waals surface area contributed by atoms with Gasteiger partial charge in [0.05, 0.1) is 7.11 Å². The summed E-state index contributed by atoms with van der Waals surface area (Å²) in [7, 11) is 1.70. The molecule has 0 fully saturated rings. The third kappa shape index (κ3) is 3.76. The highest BCUT2D eigenvalue weighted by Gasteiger charge is 2.03. The Morgan fingerprint density at radius 1 is 1.47 bits per heavy atom. The molecule has 1 aromatic rings. The topological polar surface area (TPSA) is 21.3 Å². The van der Waals surface area contributed by atoms with Crippen LogP contribution in [0.5, 0.6) is 5.75 Å². The van der Waals surface area contributed by atoms with E-state index in [2.05, 4.69) is 24.9 Å². The molecule has 2 nitrogen and oxygen atoms in total. The number of hydrogen-bond acceptors (Lipinski definition) is 2. The number of benzene rings is 1. The molecule has 0 heterocycles. The quantitative estimate of drug-likeness (QED) is 0.721. The number of nitrogens with one attached hydrogen (secondary N) is 1. The molecule has 0 aromatic heterocycles. The van der Waals surface area contributed by atoms with E-state index in [9.17, 15) is 0 Å². The van der Waals surface area contributed by atoms with E-state index in [1.807, 2.05) is 24.3 Å². The van der Waals surface area contributed by atoms with E-state index in [0.29, 0.717) is 6.04 Å². The van der Waals surface area contributed by atoms with Crippen molar-refractivity contribution < 1.29 is 4.74 Å². The first-order valence-corrected chi connectivity index (χ1v) is 5.24. The zero-order valence-corrected chi connectivity index (χ0v) is 9.49. The van der Waals surface area contributed by atoms with Crippen molar-refractivity contribution in [1.29, 1.82) is 0 Å². The lowest BCUT2D eigenvalue weighted by Crippen LogP contribution is -2.24. The van der Waals surface area contributed by atoms with E-state index >= 15 is 0 Å². The fourth-order valence-electron chi connectivity index (χ4n) is 1.47. The van der Waals surface area contributed by atoms with Crippen LogP contribution >= 0.6 is 0 Å². The number of hydrogen-bond donors (Lipinski definition) is 1. The highest BCUT2D eigenvalue weighted by molar-refractivity contribution is 5.32. The molecule has 0 radical (unpaired) electrons. The van der Waals surface area contributed by atoms with Crippen molar-refractivity contribution in [3.63, 3.8) is 0 Å². The van der Waals surface area contributed by atoms with Crippen LogP contribution in [0.1, 0.15) is 18.9 Å². The summed E-state index contributed by atoms with van der Waals surface area (Å²) in [5.41, 5.74) is 1.19. The van der Waals surface area contributed by atoms with E-state index in [4.69, 9.17) is 4.74 Å². The number of rotatable bonds is 6. The minimum atomic E-state index is 0.451. The Hall–Kier alpha value is -1.28. The lowest BCUT2D eigenvalue weighted by Gasteiger charge is -2.13. The average molecular weight is 205 g/mol. The number of ether oxygens (including phenoxy) is 1. The molecule has 0 aliphatic heterocycles. The van der Waals surface area contributed by atoms with Gasteiger partial charge in [-0.15, -0.1) is 6.58 Å². The predicted octanol–water partition coefficient (Wildman–Crippen LogP) is 2.75. The summed E-state index contributed by atoms with van der Waals surface area (Å²) in [6.07, 6.45) is 2.91. The SMILES string of the molecule is C=CCC(C)NCc1ccccc1OC. The maximum absolute atomic E-state index is 5.28. The van der Waals surface area contributed by atoms with Crippen LogP contribution in [0.15, 0.2) is 36.9 Å². The molecule has 0 saturated heterocycles. The van der Waals surface area contributed by atoms with E-state index in [-0.39, 0.29) is 0 Å². The van der Waals surface area contributed by atoms with Crippen LogP contribution in [0.25, 0.3) is 0 Å². The van der Waals surface area contributed by atoms with E-state index in [1.54, 1.807) is 7.11 Å². The fraction of sp³-hybridized carbons (Fsp3) is 0.385. The van der Waals surface area contributed by atoms with Gasteiger partial charge in [0.1, 0.15) is 5.75 Å². The van der Waals surface area contributed by atoms with Gasteiger partial charge in [-0.1, -0.05) is 24.3 Å². The Morgan fingerprint density at radius 2 is 2.20 bits per heavy atom. The Morgan fingerprint density at radius 3 is 2.87 bits per heavy atom. The molecule has 15 heavy (non-hydrogen) atoms. The first-order chi connectivity index (χ1) is 7.27. The van der Waals surface area contributed by atoms with Crippen molar-refractivity contribution in [2.45, 2.75) is 25.9 Å². The zero-order valence-electron chi connectivity index (χ0n) is 9.49. The molecule has 1 N–H and O–H groups in total. The summed E-state index contributed by atoms with van der Waals surface area (Å²) in [6, 6.07) is 8.52. The lowest BCUT2D eigenvalue weighted by atomic mass is 10.1. The largest absolute Gasteiger partial charge is 0.496 e. The van der Waals surface area contributed by atoms with Crippen LogP contribution in [-0.4, -0.2) is 13.2 Å². The van der Waals surface area contributed by atoms with E-state index in [1.165, 1.54) is 5.56 Å². The second-order valence-electron chi connectivity index (χ2n) is 3.62. The molecular formula is C13H19NO. The smallest absolute Gasteiger partial charge is 0.123 e. The molecule has 0 bridgehead atoms. The van der Waals surface area contributed by atoms with Gasteiger partial charge in [0.25, 0.3) is 0 Å². The Balaban J connectivity index is 2.52. The molecule has 1 unspecified atom stereocenters. The van der Waals surface area contributed by atoms with E-state index < -0.39 is 0 Å². The second-order valence-corrected chi connectivity index (χ2v) is 3.62. The van der Waals surface area contributed by atoms with Crippen LogP contribution in [0, 0.1) is 0 Å². The molecule has 82 valence electrons. The van der Waals surface area contributed by atoms with Crippen molar-refractivity contribution in [3.05, 3.63) is 42.5 Å². The predicted molar refractivity (Wildman–Crippen MR) is 64.1 cm³/mol. The molecule has 0 aliphatic rings. The Kier molecular flexibility index (Phi) is 4.91. The third-order valence-corrected chi connectivity index (χ3v) is 2.35. The monoisotopic (exact) mass is 205 g/mol. The first kappa shape index (κ1) is 11.8. The van der Waals surface area contributed by atoms with Crippen LogP contribution in [0.2, 0.25) is 0 Å². The molecule has 1 rings (SSSR count). The summed E-state index contributed by atoms with van der Waals surface area (Å²) < 4.78 is 5.28. The molecule has 0 aliphatic carbocycles. The number of para-hydroxylation sites is 1. The summed E-state index contributed by atoms with van der Waals surface area (Å²) in [5, 5.41) is 3.42. The first-order valence-electron chi connectivity index (χ1n) is 5.24. The zero-order chi connectivity index (χ0) is 11.1. The molecule has 2 heteroatoms. The van der Waals surface area contributed by atoms with Crippen LogP contribution in [0.4, 0.5) is 0 Å². The molecule has 0 spiro atoms. The van der Waals surface area contributed by atoms with Crippen LogP contribution < -0.4 is 10.1 Å². The van der Waals surface area contributed by atoms with Crippen LogP contribution in [0.3, 0.4) is 0 Å². The summed E-state index contributed by atoms with van der Waals surface area (Å²) in [5.74, 6) is 0.941. The summed E-state index contributed by atoms with van der Waals surface area (Å²) >= 11 is 0. The van der Waals surface area contributed by atoms with Gasteiger partial charge in [-0.2, -0.15) is 0 Å². The van der Waals surface area contributed by atoms with Gasteiger partial charge in [0.2, 0.25) is 0 Å². The Labute approximate surface area is 92.0 Å². The van der Waals surface area contributed by atoms with Crippen molar-refractivity contribution in [2.75, 3.05) is 7.11 Å². The van der Waals surface area contributed by atoms with Gasteiger partial charge < -0.3 is 10.1 Å². The molecule has 1 aromatic carbocycles. The Bertz CT molecular complexity index is 309. The van der Waals surface area contributed by atoms with Crippen molar-refractivity contribution in [3.8, 4) is 5.75 Å². The second kappa shape index (κ2) is 6.25. The normalized spacial score (nSPS) is 12.1. The highest BCUT2D eigenvalue weighted by atomic mass is 16.5. The highest BCUT2D eigenvalue weighted by Crippen LogP contribution is 2.16. The minimum Gasteiger partial charge on any atom is -0.496 e. The lowest BCUT2D eigenvalue weighted by molar-refractivity contribution is 0.406. The van der Waals surface area contributed by atoms with Gasteiger partial charge in [-0.3, -0.25) is 0 Å². The minimum absolute atomic E-state index is 0.451. The summed E-state index contributed by atoms with van der Waals surface area (Å²) in [4.78, 5) is 0. The fourth-order valence-corrected chi connectivity index (χ4v) is 1.47. The third-order valence-electron chi connectivity index (χ3n) is 2.35. The van der Waals surface area contributed by atoms with Gasteiger partial charge >= 0.3 is 0 Å². The van der Waals surface area contributed by atoms with Crippen molar-refractivity contribution >= 4 is 0 Å². The van der Waals surface area contributed by atoms with Gasteiger partial charge in [-0.05, 0) is 19.4 Å². The maximum Gasteiger partial charge on any atom is 0.123 e. The standard InChI is InChI=1S/C13H19NO/c1-4-7-11(2)14-10-12-8-5-6-9-13(12)15-3/h4-6,8-9,11,14H,1,7,10H2,2-3H3. The number of methoxy groups -OCH3 is 1. The van der Waals surface area contributed by atoms with Gasteiger partial charge in [0.15, 0.2) is 0 Å². The van der Waals surface area contributed by atoms with Gasteiger partial charge in [0, 0.05) is 18.2 Å². The average Bonchev–Trinajstić information content (AvgIpc) is 2.27. The molecule has 1 atom stereocenters. The molecule has 0 saturated carbocycles.